The van der Waals surface area contributed by atoms with Crippen molar-refractivity contribution in [3.8, 4) is 5.75 Å². The van der Waals surface area contributed by atoms with Crippen molar-refractivity contribution in [2.75, 3.05) is 5.32 Å². The Hall–Kier alpha value is -2.88. The Balaban J connectivity index is 1.79. The third-order valence-corrected chi connectivity index (χ3v) is 3.65. The molecule has 0 bridgehead atoms. The predicted molar refractivity (Wildman–Crippen MR) is 96.6 cm³/mol. The van der Waals surface area contributed by atoms with E-state index < -0.39 is 0 Å². The van der Waals surface area contributed by atoms with Crippen molar-refractivity contribution in [1.82, 2.24) is 4.98 Å². The molecule has 0 aliphatic rings. The number of ether oxygens (including phenoxy) is 1. The molecule has 0 aliphatic carbocycles. The first-order valence-corrected chi connectivity index (χ1v) is 7.97. The van der Waals surface area contributed by atoms with Crippen LogP contribution in [0, 0.1) is 6.92 Å². The molecular formula is C20H20N2O2. The van der Waals surface area contributed by atoms with Gasteiger partial charge in [0.25, 0.3) is 5.91 Å². The van der Waals surface area contributed by atoms with Crippen molar-refractivity contribution >= 4 is 22.6 Å². The molecule has 3 rings (SSSR count). The van der Waals surface area contributed by atoms with E-state index in [1.165, 1.54) is 0 Å². The maximum atomic E-state index is 12.4. The van der Waals surface area contributed by atoms with Gasteiger partial charge in [-0.3, -0.25) is 4.79 Å². The van der Waals surface area contributed by atoms with Gasteiger partial charge in [0.2, 0.25) is 0 Å². The van der Waals surface area contributed by atoms with Gasteiger partial charge >= 0.3 is 0 Å². The molecule has 3 aromatic rings. The van der Waals surface area contributed by atoms with Crippen molar-refractivity contribution in [3.05, 3.63) is 65.7 Å². The summed E-state index contributed by atoms with van der Waals surface area (Å²) in [6, 6.07) is 16.9. The summed E-state index contributed by atoms with van der Waals surface area (Å²) in [5.74, 6) is 1.12. The van der Waals surface area contributed by atoms with E-state index in [4.69, 9.17) is 4.74 Å². The lowest BCUT2D eigenvalue weighted by atomic mass is 10.1. The molecule has 2 aromatic carbocycles. The van der Waals surface area contributed by atoms with E-state index in [-0.39, 0.29) is 12.0 Å². The number of nitrogens with zero attached hydrogens (tertiary/aromatic N) is 1. The maximum Gasteiger partial charge on any atom is 0.256 e. The van der Waals surface area contributed by atoms with Crippen LogP contribution < -0.4 is 10.1 Å². The first kappa shape index (κ1) is 16.0. The number of aromatic nitrogens is 1. The number of carbonyl (C=O) groups is 1. The molecule has 122 valence electrons. The van der Waals surface area contributed by atoms with Crippen LogP contribution in [0.3, 0.4) is 0 Å². The smallest absolute Gasteiger partial charge is 0.256 e. The number of pyridine rings is 1. The zero-order valence-corrected chi connectivity index (χ0v) is 14.0. The largest absolute Gasteiger partial charge is 0.491 e. The number of hydrogen-bond donors (Lipinski definition) is 1. The van der Waals surface area contributed by atoms with Gasteiger partial charge in [0, 0.05) is 10.9 Å². The number of fused-ring (bicyclic) bond motifs is 1. The monoisotopic (exact) mass is 320 g/mol. The molecule has 0 fully saturated rings. The highest BCUT2D eigenvalue weighted by molar-refractivity contribution is 6.04. The number of aryl methyl sites for hydroxylation is 1. The van der Waals surface area contributed by atoms with E-state index in [2.05, 4.69) is 10.3 Å². The second-order valence-electron chi connectivity index (χ2n) is 5.99. The van der Waals surface area contributed by atoms with E-state index >= 15 is 0 Å². The number of anilines is 1. The van der Waals surface area contributed by atoms with E-state index in [0.29, 0.717) is 11.4 Å². The molecule has 1 N–H and O–H groups in total. The minimum absolute atomic E-state index is 0.106. The molecule has 0 atom stereocenters. The summed E-state index contributed by atoms with van der Waals surface area (Å²) < 4.78 is 5.59. The molecule has 0 saturated heterocycles. The second-order valence-corrected chi connectivity index (χ2v) is 5.99. The van der Waals surface area contributed by atoms with E-state index in [1.54, 1.807) is 24.3 Å². The first-order chi connectivity index (χ1) is 11.5. The Labute approximate surface area is 141 Å². The zero-order chi connectivity index (χ0) is 17.1. The van der Waals surface area contributed by atoms with Crippen LogP contribution in [0.15, 0.2) is 54.6 Å². The number of para-hydroxylation sites is 1. The third kappa shape index (κ3) is 3.54. The number of carbonyl (C=O) groups excluding carboxylic acids is 1. The quantitative estimate of drug-likeness (QED) is 0.765. The zero-order valence-electron chi connectivity index (χ0n) is 14.0. The summed E-state index contributed by atoms with van der Waals surface area (Å²) in [4.78, 5) is 16.9. The van der Waals surface area contributed by atoms with Crippen molar-refractivity contribution in [2.45, 2.75) is 26.9 Å². The molecule has 0 radical (unpaired) electrons. The first-order valence-electron chi connectivity index (χ1n) is 7.97. The normalized spacial score (nSPS) is 10.8. The third-order valence-electron chi connectivity index (χ3n) is 3.65. The highest BCUT2D eigenvalue weighted by Crippen LogP contribution is 2.20. The van der Waals surface area contributed by atoms with Crippen molar-refractivity contribution in [1.29, 1.82) is 0 Å². The molecule has 1 aromatic heterocycles. The van der Waals surface area contributed by atoms with E-state index in [9.17, 15) is 4.79 Å². The summed E-state index contributed by atoms with van der Waals surface area (Å²) in [7, 11) is 0. The molecular weight excluding hydrogens is 300 g/mol. The van der Waals surface area contributed by atoms with Crippen LogP contribution in [0.1, 0.15) is 29.8 Å². The van der Waals surface area contributed by atoms with Gasteiger partial charge in [-0.15, -0.1) is 0 Å². The van der Waals surface area contributed by atoms with Crippen LogP contribution in [-0.4, -0.2) is 17.0 Å². The van der Waals surface area contributed by atoms with Gasteiger partial charge in [-0.25, -0.2) is 4.98 Å². The Morgan fingerprint density at radius 2 is 1.79 bits per heavy atom. The van der Waals surface area contributed by atoms with Crippen LogP contribution in [0.5, 0.6) is 5.75 Å². The molecule has 0 saturated carbocycles. The Morgan fingerprint density at radius 1 is 1.08 bits per heavy atom. The summed E-state index contributed by atoms with van der Waals surface area (Å²) in [6.45, 7) is 5.94. The molecule has 1 heterocycles. The Morgan fingerprint density at radius 3 is 2.50 bits per heavy atom. The average Bonchev–Trinajstić information content (AvgIpc) is 2.55. The molecule has 4 nitrogen and oxygen atoms in total. The van der Waals surface area contributed by atoms with Gasteiger partial charge in [0.1, 0.15) is 11.6 Å². The molecule has 4 heteroatoms. The van der Waals surface area contributed by atoms with Gasteiger partial charge in [0.15, 0.2) is 0 Å². The number of amides is 1. The fraction of sp³-hybridized carbons (Fsp3) is 0.200. The fourth-order valence-electron chi connectivity index (χ4n) is 2.56. The van der Waals surface area contributed by atoms with E-state index in [0.717, 1.165) is 22.2 Å². The number of nitrogens with one attached hydrogen (secondary N) is 1. The van der Waals surface area contributed by atoms with E-state index in [1.807, 2.05) is 51.1 Å². The van der Waals surface area contributed by atoms with Gasteiger partial charge < -0.3 is 10.1 Å². The molecule has 24 heavy (non-hydrogen) atoms. The molecule has 0 spiro atoms. The average molecular weight is 320 g/mol. The van der Waals surface area contributed by atoms with Crippen molar-refractivity contribution in [2.24, 2.45) is 0 Å². The predicted octanol–water partition coefficient (Wildman–Crippen LogP) is 4.58. The summed E-state index contributed by atoms with van der Waals surface area (Å²) in [5.41, 5.74) is 2.52. The second kappa shape index (κ2) is 6.71. The van der Waals surface area contributed by atoms with Crippen LogP contribution in [-0.2, 0) is 0 Å². The number of rotatable bonds is 4. The topological polar surface area (TPSA) is 51.2 Å². The lowest BCUT2D eigenvalue weighted by Crippen LogP contribution is -2.13. The highest BCUT2D eigenvalue weighted by atomic mass is 16.5. The summed E-state index contributed by atoms with van der Waals surface area (Å²) >= 11 is 0. The molecule has 0 aliphatic heterocycles. The lowest BCUT2D eigenvalue weighted by molar-refractivity contribution is 0.102. The Bertz CT molecular complexity index is 870. The fourth-order valence-corrected chi connectivity index (χ4v) is 2.56. The van der Waals surface area contributed by atoms with Gasteiger partial charge in [0.05, 0.1) is 11.6 Å². The SMILES string of the molecule is Cc1cc(NC(=O)c2ccc(OC(C)C)cc2)nc2ccccc12. The Kier molecular flexibility index (Phi) is 4.47. The van der Waals surface area contributed by atoms with Gasteiger partial charge in [-0.1, -0.05) is 18.2 Å². The summed E-state index contributed by atoms with van der Waals surface area (Å²) in [6.07, 6.45) is 0.106. The van der Waals surface area contributed by atoms with Crippen LogP contribution in [0.2, 0.25) is 0 Å². The van der Waals surface area contributed by atoms with Crippen LogP contribution in [0.25, 0.3) is 10.9 Å². The van der Waals surface area contributed by atoms with Gasteiger partial charge in [-0.2, -0.15) is 0 Å². The highest BCUT2D eigenvalue weighted by Gasteiger charge is 2.09. The van der Waals surface area contributed by atoms with Gasteiger partial charge in [-0.05, 0) is 62.7 Å². The van der Waals surface area contributed by atoms with Crippen molar-refractivity contribution < 1.29 is 9.53 Å². The molecule has 1 amide bonds. The molecule has 0 unspecified atom stereocenters. The van der Waals surface area contributed by atoms with Crippen LogP contribution in [0.4, 0.5) is 5.82 Å². The summed E-state index contributed by atoms with van der Waals surface area (Å²) in [5, 5.41) is 3.95. The van der Waals surface area contributed by atoms with Crippen LogP contribution >= 0.6 is 0 Å². The van der Waals surface area contributed by atoms with Crippen molar-refractivity contribution in [3.63, 3.8) is 0 Å². The minimum atomic E-state index is -0.187. The lowest BCUT2D eigenvalue weighted by Gasteiger charge is -2.11. The maximum absolute atomic E-state index is 12.4. The number of hydrogen-bond acceptors (Lipinski definition) is 3. The minimum Gasteiger partial charge on any atom is -0.491 e. The number of benzene rings is 2. The standard InChI is InChI=1S/C20H20N2O2/c1-13(2)24-16-10-8-15(9-11-16)20(23)22-19-12-14(3)17-6-4-5-7-18(17)21-19/h4-13H,1-3H3,(H,21,22,23).